The molecule has 0 heterocycles. The molecular weight excluding hydrogens is 266 g/mol. The van der Waals surface area contributed by atoms with Crippen LogP contribution < -0.4 is 10.1 Å². The van der Waals surface area contributed by atoms with E-state index < -0.39 is 0 Å². The third-order valence-electron chi connectivity index (χ3n) is 2.63. The lowest BCUT2D eigenvalue weighted by atomic mass is 9.92. The minimum atomic E-state index is -0.0736. The highest BCUT2D eigenvalue weighted by molar-refractivity contribution is 5.92. The van der Waals surface area contributed by atoms with Crippen molar-refractivity contribution in [1.29, 1.82) is 0 Å². The van der Waals surface area contributed by atoms with Crippen molar-refractivity contribution >= 4 is 11.6 Å². The van der Waals surface area contributed by atoms with Gasteiger partial charge in [0.1, 0.15) is 5.75 Å². The third-order valence-corrected chi connectivity index (χ3v) is 2.63. The van der Waals surface area contributed by atoms with Gasteiger partial charge in [0.05, 0.1) is 19.4 Å². The number of methoxy groups -OCH3 is 1. The van der Waals surface area contributed by atoms with E-state index >= 15 is 0 Å². The van der Waals surface area contributed by atoms with Gasteiger partial charge in [0.2, 0.25) is 5.91 Å². The van der Waals surface area contributed by atoms with Gasteiger partial charge in [-0.3, -0.25) is 4.79 Å². The normalized spacial score (nSPS) is 10.5. The van der Waals surface area contributed by atoms with Crippen molar-refractivity contribution in [3.63, 3.8) is 0 Å². The molecule has 0 aliphatic heterocycles. The predicted molar refractivity (Wildman–Crippen MR) is 84.3 cm³/mol. The highest BCUT2D eigenvalue weighted by Gasteiger charge is 2.17. The molecule has 0 fully saturated rings. The summed E-state index contributed by atoms with van der Waals surface area (Å²) in [5.41, 5.74) is 1.31. The van der Waals surface area contributed by atoms with Gasteiger partial charge in [-0.15, -0.1) is 0 Å². The number of nitrogens with one attached hydrogen (secondary N) is 1. The molecule has 2 N–H and O–H groups in total. The molecule has 0 aromatic heterocycles. The first kappa shape index (κ1) is 17.1. The minimum absolute atomic E-state index is 0.0400. The van der Waals surface area contributed by atoms with Crippen molar-refractivity contribution < 1.29 is 14.6 Å². The fraction of sp³-hybridized carbons (Fsp3) is 0.471. The van der Waals surface area contributed by atoms with Crippen LogP contribution in [-0.4, -0.2) is 24.7 Å². The number of rotatable bonds is 4. The minimum Gasteiger partial charge on any atom is -0.495 e. The lowest BCUT2D eigenvalue weighted by Gasteiger charge is -2.18. The summed E-state index contributed by atoms with van der Waals surface area (Å²) in [7, 11) is 1.56. The average Bonchev–Trinajstić information content (AvgIpc) is 2.37. The summed E-state index contributed by atoms with van der Waals surface area (Å²) >= 11 is 0. The van der Waals surface area contributed by atoms with E-state index in [1.165, 1.54) is 0 Å². The molecule has 0 aliphatic carbocycles. The molecule has 1 aromatic rings. The highest BCUT2D eigenvalue weighted by atomic mass is 16.5. The molecule has 0 saturated carbocycles. The van der Waals surface area contributed by atoms with E-state index in [-0.39, 0.29) is 17.9 Å². The molecule has 1 amide bonds. The summed E-state index contributed by atoms with van der Waals surface area (Å²) < 4.78 is 5.25. The number of aliphatic hydroxyl groups is 1. The van der Waals surface area contributed by atoms with Gasteiger partial charge >= 0.3 is 0 Å². The number of hydrogen-bond acceptors (Lipinski definition) is 3. The van der Waals surface area contributed by atoms with E-state index in [9.17, 15) is 4.79 Å². The van der Waals surface area contributed by atoms with Crippen LogP contribution >= 0.6 is 0 Å². The zero-order valence-corrected chi connectivity index (χ0v) is 13.1. The quantitative estimate of drug-likeness (QED) is 0.838. The van der Waals surface area contributed by atoms with E-state index in [1.54, 1.807) is 19.2 Å². The second kappa shape index (κ2) is 7.70. The second-order valence-electron chi connectivity index (χ2n) is 5.98. The summed E-state index contributed by atoms with van der Waals surface area (Å²) in [6.45, 7) is 6.08. The Hall–Kier alpha value is -1.99. The molecule has 4 nitrogen and oxygen atoms in total. The standard InChI is InChI=1S/C17H23NO3/c1-17(2,3)12-16(20)18-14-11-13(7-5-6-10-19)8-9-15(14)21-4/h8-9,11,19H,6,10,12H2,1-4H3,(H,18,20). The number of anilines is 1. The Balaban J connectivity index is 2.91. The van der Waals surface area contributed by atoms with E-state index in [2.05, 4.69) is 17.2 Å². The van der Waals surface area contributed by atoms with Gasteiger partial charge in [-0.05, 0) is 23.6 Å². The molecule has 0 atom stereocenters. The maximum atomic E-state index is 12.0. The Labute approximate surface area is 126 Å². The van der Waals surface area contributed by atoms with Crippen LogP contribution in [0.15, 0.2) is 18.2 Å². The number of ether oxygens (including phenoxy) is 1. The predicted octanol–water partition coefficient (Wildman–Crippen LogP) is 2.80. The van der Waals surface area contributed by atoms with Crippen LogP contribution in [0, 0.1) is 17.3 Å². The number of carbonyl (C=O) groups excluding carboxylic acids is 1. The molecular formula is C17H23NO3. The van der Waals surface area contributed by atoms with Gasteiger partial charge in [0.25, 0.3) is 0 Å². The van der Waals surface area contributed by atoms with Gasteiger partial charge in [0, 0.05) is 18.4 Å². The van der Waals surface area contributed by atoms with E-state index in [1.807, 2.05) is 26.8 Å². The van der Waals surface area contributed by atoms with E-state index in [0.29, 0.717) is 24.3 Å². The number of amides is 1. The average molecular weight is 289 g/mol. The first-order valence-electron chi connectivity index (χ1n) is 6.93. The van der Waals surface area contributed by atoms with Crippen LogP contribution in [0.3, 0.4) is 0 Å². The molecule has 0 bridgehead atoms. The Bertz CT molecular complexity index is 547. The summed E-state index contributed by atoms with van der Waals surface area (Å²) in [6, 6.07) is 5.38. The zero-order chi connectivity index (χ0) is 15.9. The largest absolute Gasteiger partial charge is 0.495 e. The van der Waals surface area contributed by atoms with Crippen LogP contribution in [0.2, 0.25) is 0 Å². The zero-order valence-electron chi connectivity index (χ0n) is 13.1. The number of aliphatic hydroxyl groups excluding tert-OH is 1. The summed E-state index contributed by atoms with van der Waals surface area (Å²) in [6.07, 6.45) is 0.855. The van der Waals surface area contributed by atoms with Crippen LogP contribution in [0.5, 0.6) is 5.75 Å². The van der Waals surface area contributed by atoms with Gasteiger partial charge < -0.3 is 15.2 Å². The number of hydrogen-bond donors (Lipinski definition) is 2. The maximum absolute atomic E-state index is 12.0. The smallest absolute Gasteiger partial charge is 0.224 e. The van der Waals surface area contributed by atoms with Crippen molar-refractivity contribution in [2.75, 3.05) is 19.0 Å². The van der Waals surface area contributed by atoms with Crippen LogP contribution in [0.1, 0.15) is 39.2 Å². The molecule has 21 heavy (non-hydrogen) atoms. The Morgan fingerprint density at radius 1 is 1.38 bits per heavy atom. The van der Waals surface area contributed by atoms with Crippen LogP contribution in [0.25, 0.3) is 0 Å². The third kappa shape index (κ3) is 6.33. The highest BCUT2D eigenvalue weighted by Crippen LogP contribution is 2.27. The van der Waals surface area contributed by atoms with Crippen molar-refractivity contribution in [2.45, 2.75) is 33.6 Å². The molecule has 0 unspecified atom stereocenters. The molecule has 1 rings (SSSR count). The maximum Gasteiger partial charge on any atom is 0.224 e. The monoisotopic (exact) mass is 289 g/mol. The van der Waals surface area contributed by atoms with Crippen LogP contribution in [-0.2, 0) is 4.79 Å². The molecule has 0 radical (unpaired) electrons. The first-order valence-corrected chi connectivity index (χ1v) is 6.93. The summed E-state index contributed by atoms with van der Waals surface area (Å²) in [5.74, 6) is 6.34. The van der Waals surface area contributed by atoms with E-state index in [4.69, 9.17) is 9.84 Å². The van der Waals surface area contributed by atoms with Gasteiger partial charge in [0.15, 0.2) is 0 Å². The van der Waals surface area contributed by atoms with Gasteiger partial charge in [-0.25, -0.2) is 0 Å². The van der Waals surface area contributed by atoms with Crippen molar-refractivity contribution in [2.24, 2.45) is 5.41 Å². The lowest BCUT2D eigenvalue weighted by molar-refractivity contribution is -0.117. The first-order chi connectivity index (χ1) is 9.85. The fourth-order valence-corrected chi connectivity index (χ4v) is 1.78. The molecule has 1 aromatic carbocycles. The molecule has 114 valence electrons. The van der Waals surface area contributed by atoms with Gasteiger partial charge in [-0.2, -0.15) is 0 Å². The van der Waals surface area contributed by atoms with Gasteiger partial charge in [-0.1, -0.05) is 32.6 Å². The molecule has 0 spiro atoms. The summed E-state index contributed by atoms with van der Waals surface area (Å²) in [5, 5.41) is 11.6. The lowest BCUT2D eigenvalue weighted by Crippen LogP contribution is -2.20. The molecule has 4 heteroatoms. The second-order valence-corrected chi connectivity index (χ2v) is 5.98. The molecule has 0 aliphatic rings. The van der Waals surface area contributed by atoms with Crippen molar-refractivity contribution in [3.8, 4) is 17.6 Å². The fourth-order valence-electron chi connectivity index (χ4n) is 1.78. The number of carbonyl (C=O) groups is 1. The Morgan fingerprint density at radius 3 is 2.67 bits per heavy atom. The Morgan fingerprint density at radius 2 is 2.10 bits per heavy atom. The Kier molecular flexibility index (Phi) is 6.26. The molecule has 0 saturated heterocycles. The van der Waals surface area contributed by atoms with Crippen molar-refractivity contribution in [3.05, 3.63) is 23.8 Å². The topological polar surface area (TPSA) is 58.6 Å². The number of benzene rings is 1. The summed E-state index contributed by atoms with van der Waals surface area (Å²) in [4.78, 5) is 12.0. The van der Waals surface area contributed by atoms with Crippen LogP contribution in [0.4, 0.5) is 5.69 Å². The van der Waals surface area contributed by atoms with E-state index in [0.717, 1.165) is 5.56 Å². The SMILES string of the molecule is COc1ccc(C#CCCO)cc1NC(=O)CC(C)(C)C. The van der Waals surface area contributed by atoms with Crippen molar-refractivity contribution in [1.82, 2.24) is 0 Å².